The number of rotatable bonds is 5. The number of carbonyl (C=O) groups is 1. The largest absolute Gasteiger partial charge is 0.377 e. The van der Waals surface area contributed by atoms with Crippen LogP contribution in [0.2, 0.25) is 0 Å². The number of hydrogen-bond donors (Lipinski definition) is 2. The number of aryl methyl sites for hydroxylation is 1. The number of benzene rings is 1. The zero-order valence-electron chi connectivity index (χ0n) is 16.2. The zero-order chi connectivity index (χ0) is 19.3. The van der Waals surface area contributed by atoms with E-state index in [4.69, 9.17) is 9.47 Å². The fourth-order valence-electron chi connectivity index (χ4n) is 3.88. The van der Waals surface area contributed by atoms with E-state index in [1.165, 1.54) is 11.1 Å². The highest BCUT2D eigenvalue weighted by Gasteiger charge is 2.43. The minimum absolute atomic E-state index is 0.0434. The van der Waals surface area contributed by atoms with E-state index in [1.807, 2.05) is 6.92 Å². The predicted molar refractivity (Wildman–Crippen MR) is 109 cm³/mol. The van der Waals surface area contributed by atoms with Gasteiger partial charge in [0.1, 0.15) is 5.60 Å². The van der Waals surface area contributed by atoms with E-state index < -0.39 is 0 Å². The normalized spacial score (nSPS) is 26.1. The number of urea groups is 1. The molecule has 2 fully saturated rings. The first kappa shape index (κ1) is 20.6. The van der Waals surface area contributed by atoms with Crippen LogP contribution in [0.4, 0.5) is 4.79 Å². The lowest BCUT2D eigenvalue weighted by Gasteiger charge is -2.32. The Hall–Kier alpha value is -1.15. The first-order valence-electron chi connectivity index (χ1n) is 9.74. The molecule has 1 aromatic rings. The van der Waals surface area contributed by atoms with Crippen molar-refractivity contribution < 1.29 is 14.3 Å². The van der Waals surface area contributed by atoms with Gasteiger partial charge in [-0.2, -0.15) is 0 Å². The smallest absolute Gasteiger partial charge is 0.314 e. The van der Waals surface area contributed by atoms with Gasteiger partial charge in [0.2, 0.25) is 0 Å². The molecule has 0 radical (unpaired) electrons. The molecule has 0 unspecified atom stereocenters. The fraction of sp³-hybridized carbons (Fsp3) is 0.650. The van der Waals surface area contributed by atoms with Gasteiger partial charge < -0.3 is 20.1 Å². The van der Waals surface area contributed by atoms with Crippen LogP contribution >= 0.6 is 15.9 Å². The number of amides is 2. The lowest BCUT2D eigenvalue weighted by atomic mass is 9.99. The average Bonchev–Trinajstić information content (AvgIpc) is 2.92. The Kier molecular flexibility index (Phi) is 7.14. The van der Waals surface area contributed by atoms with E-state index in [1.54, 1.807) is 0 Å². The maximum atomic E-state index is 11.6. The fourth-order valence-corrected chi connectivity index (χ4v) is 4.25. The van der Waals surface area contributed by atoms with E-state index in [0.717, 1.165) is 43.6 Å². The van der Waals surface area contributed by atoms with Crippen molar-refractivity contribution in [2.75, 3.05) is 39.4 Å². The number of hydrogen-bond acceptors (Lipinski definition) is 4. The summed E-state index contributed by atoms with van der Waals surface area (Å²) in [7, 11) is 0. The summed E-state index contributed by atoms with van der Waals surface area (Å²) in [4.78, 5) is 14.0. The first-order valence-corrected chi connectivity index (χ1v) is 10.5. The minimum atomic E-state index is -0.277. The number of ether oxygens (including phenoxy) is 2. The molecule has 27 heavy (non-hydrogen) atoms. The summed E-state index contributed by atoms with van der Waals surface area (Å²) < 4.78 is 13.4. The minimum Gasteiger partial charge on any atom is -0.377 e. The molecule has 0 bridgehead atoms. The van der Waals surface area contributed by atoms with Crippen molar-refractivity contribution in [3.8, 4) is 0 Å². The van der Waals surface area contributed by atoms with Crippen molar-refractivity contribution in [2.24, 2.45) is 0 Å². The molecule has 2 saturated heterocycles. The Morgan fingerprint density at radius 1 is 1.41 bits per heavy atom. The Labute approximate surface area is 170 Å². The van der Waals surface area contributed by atoms with E-state index in [2.05, 4.69) is 56.6 Å². The van der Waals surface area contributed by atoms with Gasteiger partial charge in [0, 0.05) is 37.2 Å². The molecular formula is C20H30BrN3O3. The maximum absolute atomic E-state index is 11.6. The van der Waals surface area contributed by atoms with Crippen LogP contribution in [0.5, 0.6) is 0 Å². The van der Waals surface area contributed by atoms with E-state index in [-0.39, 0.29) is 17.7 Å². The highest BCUT2D eigenvalue weighted by molar-refractivity contribution is 9.10. The number of halogens is 1. The molecule has 2 N–H and O–H groups in total. The molecule has 0 aromatic heterocycles. The van der Waals surface area contributed by atoms with Crippen LogP contribution in [-0.2, 0) is 16.0 Å². The second-order valence-electron chi connectivity index (χ2n) is 7.56. The summed E-state index contributed by atoms with van der Waals surface area (Å²) >= 11 is 3.67. The second-order valence-corrected chi connectivity index (χ2v) is 8.41. The Balaban J connectivity index is 1.59. The van der Waals surface area contributed by atoms with Crippen LogP contribution in [0.3, 0.4) is 0 Å². The molecule has 0 aliphatic carbocycles. The molecule has 2 aliphatic rings. The topological polar surface area (TPSA) is 62.8 Å². The van der Waals surface area contributed by atoms with Gasteiger partial charge in [-0.25, -0.2) is 4.79 Å². The van der Waals surface area contributed by atoms with Crippen LogP contribution < -0.4 is 10.6 Å². The zero-order valence-corrected chi connectivity index (χ0v) is 17.8. The third kappa shape index (κ3) is 5.67. The summed E-state index contributed by atoms with van der Waals surface area (Å²) in [5.74, 6) is 0. The number of nitrogens with one attached hydrogen (secondary N) is 2. The lowest BCUT2D eigenvalue weighted by Crippen LogP contribution is -2.46. The van der Waals surface area contributed by atoms with Crippen LogP contribution in [0, 0.1) is 6.92 Å². The van der Waals surface area contributed by atoms with Gasteiger partial charge in [0.05, 0.1) is 19.3 Å². The van der Waals surface area contributed by atoms with Crippen molar-refractivity contribution >= 4 is 22.0 Å². The van der Waals surface area contributed by atoms with Gasteiger partial charge in [0.25, 0.3) is 0 Å². The molecule has 2 aliphatic heterocycles. The molecular weight excluding hydrogens is 410 g/mol. The van der Waals surface area contributed by atoms with Crippen molar-refractivity contribution in [3.05, 3.63) is 33.8 Å². The summed E-state index contributed by atoms with van der Waals surface area (Å²) in [6.45, 7) is 9.15. The van der Waals surface area contributed by atoms with Crippen molar-refractivity contribution in [1.82, 2.24) is 15.5 Å². The Bertz CT molecular complexity index is 657. The van der Waals surface area contributed by atoms with Crippen molar-refractivity contribution in [3.63, 3.8) is 0 Å². The van der Waals surface area contributed by atoms with Gasteiger partial charge in [-0.05, 0) is 38.3 Å². The molecule has 6 nitrogen and oxygen atoms in total. The van der Waals surface area contributed by atoms with Gasteiger partial charge in [-0.3, -0.25) is 4.90 Å². The van der Waals surface area contributed by atoms with E-state index >= 15 is 0 Å². The molecule has 3 rings (SSSR count). The molecule has 2 atom stereocenters. The third-order valence-corrected chi connectivity index (χ3v) is 5.96. The van der Waals surface area contributed by atoms with Gasteiger partial charge in [-0.15, -0.1) is 0 Å². The highest BCUT2D eigenvalue weighted by Crippen LogP contribution is 2.33. The van der Waals surface area contributed by atoms with Crippen LogP contribution in [-0.4, -0.2) is 62.0 Å². The summed E-state index contributed by atoms with van der Waals surface area (Å²) in [5, 5.41) is 5.64. The summed E-state index contributed by atoms with van der Waals surface area (Å²) in [5.41, 5.74) is 2.28. The van der Waals surface area contributed by atoms with Crippen LogP contribution in [0.1, 0.15) is 30.9 Å². The standard InChI is InChI=1S/C20H30BrN3O3/c1-3-22-19(25)23-11-17-6-7-20(27-17)13-24(8-9-26-14-20)12-16-10-15(2)4-5-18(16)21/h4-5,10,17H,3,6-9,11-14H2,1-2H3,(H2,22,23,25)/t17-,20+/m0/s1. The number of nitrogens with zero attached hydrogens (tertiary/aromatic N) is 1. The molecule has 7 heteroatoms. The Morgan fingerprint density at radius 3 is 3.07 bits per heavy atom. The molecule has 1 spiro atoms. The molecule has 0 saturated carbocycles. The van der Waals surface area contributed by atoms with E-state index in [9.17, 15) is 4.79 Å². The maximum Gasteiger partial charge on any atom is 0.314 e. The quantitative estimate of drug-likeness (QED) is 0.740. The van der Waals surface area contributed by atoms with Crippen LogP contribution in [0.25, 0.3) is 0 Å². The van der Waals surface area contributed by atoms with E-state index in [0.29, 0.717) is 19.7 Å². The highest BCUT2D eigenvalue weighted by atomic mass is 79.9. The molecule has 1 aromatic carbocycles. The van der Waals surface area contributed by atoms with Crippen molar-refractivity contribution in [2.45, 2.75) is 44.9 Å². The number of carbonyl (C=O) groups excluding carboxylic acids is 1. The summed E-state index contributed by atoms with van der Waals surface area (Å²) in [6, 6.07) is 6.33. The summed E-state index contributed by atoms with van der Waals surface area (Å²) in [6.07, 6.45) is 1.94. The van der Waals surface area contributed by atoms with Crippen LogP contribution in [0.15, 0.2) is 22.7 Å². The van der Waals surface area contributed by atoms with Gasteiger partial charge in [-0.1, -0.05) is 33.6 Å². The third-order valence-electron chi connectivity index (χ3n) is 5.19. The molecule has 150 valence electrons. The van der Waals surface area contributed by atoms with Crippen molar-refractivity contribution in [1.29, 1.82) is 0 Å². The predicted octanol–water partition coefficient (Wildman–Crippen LogP) is 2.83. The Morgan fingerprint density at radius 2 is 2.26 bits per heavy atom. The molecule has 2 heterocycles. The monoisotopic (exact) mass is 439 g/mol. The average molecular weight is 440 g/mol. The second kappa shape index (κ2) is 9.37. The van der Waals surface area contributed by atoms with Gasteiger partial charge >= 0.3 is 6.03 Å². The SMILES string of the molecule is CCNC(=O)NC[C@@H]1CC[C@@]2(COCCN(Cc3cc(C)ccc3Br)C2)O1. The lowest BCUT2D eigenvalue weighted by molar-refractivity contribution is -0.0847. The van der Waals surface area contributed by atoms with Gasteiger partial charge in [0.15, 0.2) is 0 Å². The molecule has 2 amide bonds. The first-order chi connectivity index (χ1) is 13.0.